The van der Waals surface area contributed by atoms with Gasteiger partial charge in [0.2, 0.25) is 0 Å². The molecule has 0 aliphatic carbocycles. The smallest absolute Gasteiger partial charge is 0.277 e. The number of carbonyl (C=O) groups is 1. The van der Waals surface area contributed by atoms with Crippen molar-refractivity contribution in [1.82, 2.24) is 15.2 Å². The third-order valence-corrected chi connectivity index (χ3v) is 2.28. The number of hydrogen-bond donors (Lipinski definition) is 0. The fraction of sp³-hybridized carbons (Fsp3) is 0.111. The molecule has 0 atom stereocenters. The lowest BCUT2D eigenvalue weighted by Gasteiger charge is -1.90. The normalized spacial score (nSPS) is 10.1. The summed E-state index contributed by atoms with van der Waals surface area (Å²) in [5, 5.41) is 7.98. The Hall–Kier alpha value is -1.69. The zero-order valence-corrected chi connectivity index (χ0v) is 8.48. The molecule has 0 aliphatic rings. The van der Waals surface area contributed by atoms with Crippen LogP contribution in [-0.4, -0.2) is 27.2 Å². The molecule has 0 spiro atoms. The number of pyridine rings is 1. The minimum atomic E-state index is 0.309. The Morgan fingerprint density at radius 3 is 3.07 bits per heavy atom. The van der Waals surface area contributed by atoms with Gasteiger partial charge in [0, 0.05) is 6.20 Å². The summed E-state index contributed by atoms with van der Waals surface area (Å²) in [6.45, 7) is 0. The van der Waals surface area contributed by atoms with Crippen LogP contribution in [0.4, 0.5) is 0 Å². The molecule has 0 aliphatic heterocycles. The van der Waals surface area contributed by atoms with E-state index in [2.05, 4.69) is 15.2 Å². The Kier molecular flexibility index (Phi) is 3.08. The number of thioether (sulfide) groups is 1. The second-order valence-corrected chi connectivity index (χ2v) is 3.54. The van der Waals surface area contributed by atoms with Crippen molar-refractivity contribution in [2.24, 2.45) is 0 Å². The third kappa shape index (κ3) is 2.41. The molecule has 0 N–H and O–H groups in total. The first kappa shape index (κ1) is 9.85. The van der Waals surface area contributed by atoms with Crippen LogP contribution in [0, 0.1) is 0 Å². The maximum absolute atomic E-state index is 10.1. The van der Waals surface area contributed by atoms with E-state index < -0.39 is 0 Å². The van der Waals surface area contributed by atoms with Gasteiger partial charge in [0.1, 0.15) is 12.0 Å². The van der Waals surface area contributed by atoms with Gasteiger partial charge in [-0.1, -0.05) is 17.8 Å². The van der Waals surface area contributed by atoms with Crippen LogP contribution in [0.2, 0.25) is 0 Å². The van der Waals surface area contributed by atoms with Crippen molar-refractivity contribution in [3.8, 4) is 11.6 Å². The van der Waals surface area contributed by atoms with Gasteiger partial charge in [-0.05, 0) is 12.1 Å². The van der Waals surface area contributed by atoms with Gasteiger partial charge in [0.15, 0.2) is 0 Å². The molecule has 0 saturated heterocycles. The van der Waals surface area contributed by atoms with Crippen molar-refractivity contribution < 1.29 is 9.21 Å². The molecule has 0 bridgehead atoms. The number of carbonyl (C=O) groups excluding carboxylic acids is 1. The SMILES string of the molecule is O=CCSc1nnc(-c2ccccn2)o1. The summed E-state index contributed by atoms with van der Waals surface area (Å²) < 4.78 is 5.29. The molecule has 0 aromatic carbocycles. The van der Waals surface area contributed by atoms with Gasteiger partial charge in [0.05, 0.1) is 5.75 Å². The number of nitrogens with zero attached hydrogens (tertiary/aromatic N) is 3. The first-order valence-electron chi connectivity index (χ1n) is 4.21. The van der Waals surface area contributed by atoms with Gasteiger partial charge in [-0.3, -0.25) is 4.98 Å². The van der Waals surface area contributed by atoms with Gasteiger partial charge in [-0.25, -0.2) is 0 Å². The quantitative estimate of drug-likeness (QED) is 0.574. The van der Waals surface area contributed by atoms with Crippen molar-refractivity contribution in [3.05, 3.63) is 24.4 Å². The van der Waals surface area contributed by atoms with Crippen LogP contribution in [0.15, 0.2) is 34.0 Å². The van der Waals surface area contributed by atoms with E-state index in [1.807, 2.05) is 12.1 Å². The fourth-order valence-electron chi connectivity index (χ4n) is 0.966. The Bertz CT molecular complexity index is 444. The molecule has 2 heterocycles. The van der Waals surface area contributed by atoms with E-state index >= 15 is 0 Å². The predicted molar refractivity (Wildman–Crippen MR) is 54.3 cm³/mol. The third-order valence-electron chi connectivity index (χ3n) is 1.57. The van der Waals surface area contributed by atoms with Crippen LogP contribution in [0.3, 0.4) is 0 Å². The van der Waals surface area contributed by atoms with E-state index in [0.717, 1.165) is 6.29 Å². The second-order valence-electron chi connectivity index (χ2n) is 2.57. The number of hydrogen-bond acceptors (Lipinski definition) is 6. The van der Waals surface area contributed by atoms with E-state index in [0.29, 0.717) is 22.6 Å². The number of rotatable bonds is 4. The molecule has 0 fully saturated rings. The van der Waals surface area contributed by atoms with Crippen LogP contribution in [-0.2, 0) is 4.79 Å². The number of aldehydes is 1. The largest absolute Gasteiger partial charge is 0.410 e. The zero-order valence-electron chi connectivity index (χ0n) is 7.66. The van der Waals surface area contributed by atoms with Gasteiger partial charge in [-0.2, -0.15) is 0 Å². The molecule has 0 saturated carbocycles. The lowest BCUT2D eigenvalue weighted by molar-refractivity contribution is -0.105. The average molecular weight is 221 g/mol. The highest BCUT2D eigenvalue weighted by Crippen LogP contribution is 2.20. The Balaban J connectivity index is 2.17. The maximum atomic E-state index is 10.1. The summed E-state index contributed by atoms with van der Waals surface area (Å²) in [5.41, 5.74) is 0.628. The van der Waals surface area contributed by atoms with Crippen LogP contribution in [0.25, 0.3) is 11.6 Å². The molecule has 0 unspecified atom stereocenters. The molecule has 15 heavy (non-hydrogen) atoms. The van der Waals surface area contributed by atoms with Crippen molar-refractivity contribution in [2.75, 3.05) is 5.75 Å². The molecule has 2 aromatic rings. The Morgan fingerprint density at radius 2 is 2.33 bits per heavy atom. The van der Waals surface area contributed by atoms with Crippen molar-refractivity contribution in [3.63, 3.8) is 0 Å². The summed E-state index contributed by atoms with van der Waals surface area (Å²) in [6.07, 6.45) is 2.44. The van der Waals surface area contributed by atoms with E-state index in [9.17, 15) is 4.79 Å². The van der Waals surface area contributed by atoms with Gasteiger partial charge >= 0.3 is 0 Å². The van der Waals surface area contributed by atoms with E-state index in [4.69, 9.17) is 4.42 Å². The molecule has 5 nitrogen and oxygen atoms in total. The highest BCUT2D eigenvalue weighted by molar-refractivity contribution is 7.99. The van der Waals surface area contributed by atoms with Crippen molar-refractivity contribution in [2.45, 2.75) is 5.22 Å². The molecule has 0 radical (unpaired) electrons. The molecule has 2 aromatic heterocycles. The van der Waals surface area contributed by atoms with Crippen LogP contribution < -0.4 is 0 Å². The van der Waals surface area contributed by atoms with Crippen LogP contribution in [0.1, 0.15) is 0 Å². The number of aromatic nitrogens is 3. The predicted octanol–water partition coefficient (Wildman–Crippen LogP) is 1.42. The minimum absolute atomic E-state index is 0.309. The van der Waals surface area contributed by atoms with Gasteiger partial charge in [0.25, 0.3) is 11.1 Å². The molecule has 76 valence electrons. The molecule has 6 heteroatoms. The highest BCUT2D eigenvalue weighted by atomic mass is 32.2. The summed E-state index contributed by atoms with van der Waals surface area (Å²) in [6, 6.07) is 5.42. The average Bonchev–Trinajstić information content (AvgIpc) is 2.76. The Labute approximate surface area is 89.9 Å². The van der Waals surface area contributed by atoms with Crippen molar-refractivity contribution >= 4 is 18.0 Å². The zero-order chi connectivity index (χ0) is 10.5. The standard InChI is InChI=1S/C9H7N3O2S/c13-5-6-15-9-12-11-8(14-9)7-3-1-2-4-10-7/h1-5H,6H2. The fourth-order valence-corrected chi connectivity index (χ4v) is 1.41. The first-order valence-corrected chi connectivity index (χ1v) is 5.20. The molecule has 2 rings (SSSR count). The van der Waals surface area contributed by atoms with Crippen LogP contribution >= 0.6 is 11.8 Å². The molecule has 0 amide bonds. The van der Waals surface area contributed by atoms with E-state index in [-0.39, 0.29) is 0 Å². The lowest BCUT2D eigenvalue weighted by atomic mass is 10.3. The second kappa shape index (κ2) is 4.70. The summed E-state index contributed by atoms with van der Waals surface area (Å²) in [4.78, 5) is 14.2. The van der Waals surface area contributed by atoms with Crippen molar-refractivity contribution in [1.29, 1.82) is 0 Å². The first-order chi connectivity index (χ1) is 7.40. The monoisotopic (exact) mass is 221 g/mol. The summed E-state index contributed by atoms with van der Waals surface area (Å²) in [7, 11) is 0. The molecular weight excluding hydrogens is 214 g/mol. The maximum Gasteiger partial charge on any atom is 0.277 e. The highest BCUT2D eigenvalue weighted by Gasteiger charge is 2.08. The lowest BCUT2D eigenvalue weighted by Crippen LogP contribution is -1.80. The summed E-state index contributed by atoms with van der Waals surface area (Å²) in [5.74, 6) is 0.674. The topological polar surface area (TPSA) is 68.9 Å². The van der Waals surface area contributed by atoms with Crippen LogP contribution in [0.5, 0.6) is 0 Å². The van der Waals surface area contributed by atoms with E-state index in [1.54, 1.807) is 12.3 Å². The minimum Gasteiger partial charge on any atom is -0.410 e. The Morgan fingerprint density at radius 1 is 1.40 bits per heavy atom. The molecular formula is C9H7N3O2S. The van der Waals surface area contributed by atoms with E-state index in [1.165, 1.54) is 11.8 Å². The van der Waals surface area contributed by atoms with Gasteiger partial charge < -0.3 is 9.21 Å². The van der Waals surface area contributed by atoms with Gasteiger partial charge in [-0.15, -0.1) is 10.2 Å². The summed E-state index contributed by atoms with van der Waals surface area (Å²) >= 11 is 1.20.